The van der Waals surface area contributed by atoms with E-state index in [1.54, 1.807) is 12.1 Å². The molecule has 0 spiro atoms. The summed E-state index contributed by atoms with van der Waals surface area (Å²) in [5.74, 6) is -1.16. The first-order valence-corrected chi connectivity index (χ1v) is 8.56. The predicted octanol–water partition coefficient (Wildman–Crippen LogP) is 4.66. The second kappa shape index (κ2) is 6.01. The fourth-order valence-corrected chi connectivity index (χ4v) is 3.90. The van der Waals surface area contributed by atoms with Crippen LogP contribution in [0.25, 0.3) is 11.1 Å². The first-order valence-electron chi connectivity index (χ1n) is 8.56. The zero-order chi connectivity index (χ0) is 19.3. The van der Waals surface area contributed by atoms with Crippen molar-refractivity contribution in [1.29, 1.82) is 0 Å². The van der Waals surface area contributed by atoms with Crippen LogP contribution in [0, 0.1) is 5.82 Å². The van der Waals surface area contributed by atoms with Gasteiger partial charge in [0.15, 0.2) is 11.5 Å². The van der Waals surface area contributed by atoms with Crippen LogP contribution in [0.1, 0.15) is 45.2 Å². The molecule has 0 saturated heterocycles. The van der Waals surface area contributed by atoms with E-state index in [4.69, 9.17) is 9.84 Å². The number of carbonyl (C=O) groups is 1. The zero-order valence-electron chi connectivity index (χ0n) is 15.4. The van der Waals surface area contributed by atoms with Crippen molar-refractivity contribution in [2.45, 2.75) is 51.6 Å². The summed E-state index contributed by atoms with van der Waals surface area (Å²) in [5.41, 5.74) is 1.65. The molecule has 0 bridgehead atoms. The summed E-state index contributed by atoms with van der Waals surface area (Å²) in [6, 6.07) is 7.92. The third-order valence-electron chi connectivity index (χ3n) is 4.77. The van der Waals surface area contributed by atoms with Crippen LogP contribution in [0.3, 0.4) is 0 Å². The van der Waals surface area contributed by atoms with Crippen LogP contribution >= 0.6 is 0 Å². The molecule has 0 unspecified atom stereocenters. The number of ether oxygens (including phenoxy) is 1. The number of carboxylic acids is 1. The highest BCUT2D eigenvalue weighted by Crippen LogP contribution is 2.50. The molecule has 2 aromatic rings. The summed E-state index contributed by atoms with van der Waals surface area (Å²) >= 11 is 0. The van der Waals surface area contributed by atoms with E-state index in [0.29, 0.717) is 16.9 Å². The molecule has 0 atom stereocenters. The Kier molecular flexibility index (Phi) is 4.21. The van der Waals surface area contributed by atoms with Crippen LogP contribution in [0.2, 0.25) is 0 Å². The molecular weight excluding hydrogens is 335 g/mol. The van der Waals surface area contributed by atoms with Gasteiger partial charge in [0.25, 0.3) is 0 Å². The summed E-state index contributed by atoms with van der Waals surface area (Å²) in [6.07, 6.45) is 0.416. The zero-order valence-corrected chi connectivity index (χ0v) is 15.4. The Bertz CT molecular complexity index is 884. The van der Waals surface area contributed by atoms with Crippen molar-refractivity contribution < 1.29 is 24.1 Å². The highest BCUT2D eigenvalue weighted by Gasteiger charge is 2.40. The minimum atomic E-state index is -1.08. The molecule has 0 saturated carbocycles. The van der Waals surface area contributed by atoms with Crippen molar-refractivity contribution in [2.75, 3.05) is 0 Å². The number of benzene rings is 2. The van der Waals surface area contributed by atoms with Crippen LogP contribution in [0.5, 0.6) is 11.5 Å². The molecule has 1 heterocycles. The monoisotopic (exact) mass is 358 g/mol. The Hall–Kier alpha value is -2.56. The number of hydrogen-bond acceptors (Lipinski definition) is 3. The number of phenolic OH excluding ortho intramolecular Hbond substituents is 1. The van der Waals surface area contributed by atoms with Crippen molar-refractivity contribution in [3.05, 3.63) is 47.3 Å². The first kappa shape index (κ1) is 18.2. The molecule has 0 fully saturated rings. The largest absolute Gasteiger partial charge is 0.504 e. The topological polar surface area (TPSA) is 66.8 Å². The number of aliphatic carboxylic acids is 1. The van der Waals surface area contributed by atoms with Crippen molar-refractivity contribution in [1.82, 2.24) is 0 Å². The van der Waals surface area contributed by atoms with E-state index in [1.165, 1.54) is 12.1 Å². The Balaban J connectivity index is 2.08. The number of fused-ring (bicyclic) bond motifs is 1. The molecule has 0 aliphatic carbocycles. The maximum absolute atomic E-state index is 14.2. The van der Waals surface area contributed by atoms with E-state index in [0.717, 1.165) is 12.0 Å². The van der Waals surface area contributed by atoms with Gasteiger partial charge >= 0.3 is 5.97 Å². The van der Waals surface area contributed by atoms with Gasteiger partial charge in [-0.3, -0.25) is 4.79 Å². The number of hydrogen-bond donors (Lipinski definition) is 2. The van der Waals surface area contributed by atoms with Crippen molar-refractivity contribution in [3.8, 4) is 22.6 Å². The molecule has 0 aromatic heterocycles. The van der Waals surface area contributed by atoms with Gasteiger partial charge in [0.2, 0.25) is 0 Å². The van der Waals surface area contributed by atoms with E-state index in [1.807, 2.05) is 19.9 Å². The molecular formula is C21H23FO4. The van der Waals surface area contributed by atoms with Crippen molar-refractivity contribution in [2.24, 2.45) is 0 Å². The van der Waals surface area contributed by atoms with E-state index >= 15 is 0 Å². The highest BCUT2D eigenvalue weighted by atomic mass is 19.1. The molecule has 0 radical (unpaired) electrons. The standard InChI is InChI=1S/C21H23FO4/c1-20(2)11-21(3,4)26-19-15(20)7-14(9-17(19)23)12-5-6-13(10-18(24)25)16(22)8-12/h5-9,23H,10-11H2,1-4H3,(H,24,25). The molecule has 2 aromatic carbocycles. The summed E-state index contributed by atoms with van der Waals surface area (Å²) in [6.45, 7) is 8.16. The number of carboxylic acid groups (broad SMARTS) is 1. The lowest BCUT2D eigenvalue weighted by atomic mass is 9.73. The van der Waals surface area contributed by atoms with E-state index < -0.39 is 11.8 Å². The molecule has 5 heteroatoms. The van der Waals surface area contributed by atoms with E-state index in [2.05, 4.69) is 13.8 Å². The third-order valence-corrected chi connectivity index (χ3v) is 4.77. The average Bonchev–Trinajstić information content (AvgIpc) is 2.48. The average molecular weight is 358 g/mol. The molecule has 138 valence electrons. The Morgan fingerprint density at radius 3 is 2.46 bits per heavy atom. The van der Waals surface area contributed by atoms with Crippen LogP contribution in [0.4, 0.5) is 4.39 Å². The smallest absolute Gasteiger partial charge is 0.307 e. The maximum Gasteiger partial charge on any atom is 0.307 e. The maximum atomic E-state index is 14.2. The van der Waals surface area contributed by atoms with E-state index in [-0.39, 0.29) is 28.7 Å². The second-order valence-electron chi connectivity index (χ2n) is 8.17. The Morgan fingerprint density at radius 1 is 1.15 bits per heavy atom. The van der Waals surface area contributed by atoms with Crippen LogP contribution in [-0.4, -0.2) is 21.8 Å². The minimum Gasteiger partial charge on any atom is -0.504 e. The van der Waals surface area contributed by atoms with Gasteiger partial charge < -0.3 is 14.9 Å². The Labute approximate surface area is 152 Å². The number of rotatable bonds is 3. The molecule has 2 N–H and O–H groups in total. The summed E-state index contributed by atoms with van der Waals surface area (Å²) in [4.78, 5) is 10.8. The quantitative estimate of drug-likeness (QED) is 0.837. The molecule has 1 aliphatic rings. The number of halogens is 1. The van der Waals surface area contributed by atoms with Crippen LogP contribution < -0.4 is 4.74 Å². The van der Waals surface area contributed by atoms with Crippen LogP contribution in [0.15, 0.2) is 30.3 Å². The van der Waals surface area contributed by atoms with Gasteiger partial charge in [-0.2, -0.15) is 0 Å². The third kappa shape index (κ3) is 3.39. The molecule has 26 heavy (non-hydrogen) atoms. The van der Waals surface area contributed by atoms with Gasteiger partial charge in [0, 0.05) is 5.56 Å². The van der Waals surface area contributed by atoms with Crippen molar-refractivity contribution >= 4 is 5.97 Å². The SMILES string of the molecule is CC1(C)CC(C)(C)c2cc(-c3ccc(CC(=O)O)c(F)c3)cc(O)c2O1. The van der Waals surface area contributed by atoms with Crippen molar-refractivity contribution in [3.63, 3.8) is 0 Å². The molecule has 3 rings (SSSR count). The second-order valence-corrected chi connectivity index (χ2v) is 8.17. The molecule has 4 nitrogen and oxygen atoms in total. The fraction of sp³-hybridized carbons (Fsp3) is 0.381. The fourth-order valence-electron chi connectivity index (χ4n) is 3.90. The van der Waals surface area contributed by atoms with Gasteiger partial charge in [0.1, 0.15) is 11.4 Å². The minimum absolute atomic E-state index is 0.0216. The van der Waals surface area contributed by atoms with Gasteiger partial charge in [-0.1, -0.05) is 26.0 Å². The highest BCUT2D eigenvalue weighted by molar-refractivity contribution is 5.73. The predicted molar refractivity (Wildman–Crippen MR) is 97.2 cm³/mol. The molecule has 0 amide bonds. The first-order chi connectivity index (χ1) is 12.0. The van der Waals surface area contributed by atoms with E-state index in [9.17, 15) is 14.3 Å². The number of aromatic hydroxyl groups is 1. The summed E-state index contributed by atoms with van der Waals surface area (Å²) in [7, 11) is 0. The van der Waals surface area contributed by atoms with Gasteiger partial charge in [-0.05, 0) is 60.6 Å². The lowest BCUT2D eigenvalue weighted by Gasteiger charge is -2.42. The Morgan fingerprint density at radius 2 is 1.85 bits per heavy atom. The van der Waals surface area contributed by atoms with Gasteiger partial charge in [-0.25, -0.2) is 4.39 Å². The van der Waals surface area contributed by atoms with Crippen LogP contribution in [-0.2, 0) is 16.6 Å². The number of phenols is 1. The lowest BCUT2D eigenvalue weighted by Crippen LogP contribution is -2.41. The van der Waals surface area contributed by atoms with Gasteiger partial charge in [0.05, 0.1) is 6.42 Å². The van der Waals surface area contributed by atoms with Gasteiger partial charge in [-0.15, -0.1) is 0 Å². The normalized spacial score (nSPS) is 17.3. The lowest BCUT2D eigenvalue weighted by molar-refractivity contribution is -0.136. The molecule has 1 aliphatic heterocycles. The summed E-state index contributed by atoms with van der Waals surface area (Å²) in [5, 5.41) is 19.3. The summed E-state index contributed by atoms with van der Waals surface area (Å²) < 4.78 is 20.2.